The van der Waals surface area contributed by atoms with Crippen LogP contribution in [0.2, 0.25) is 0 Å². The van der Waals surface area contributed by atoms with Crippen molar-refractivity contribution < 1.29 is 9.52 Å². The summed E-state index contributed by atoms with van der Waals surface area (Å²) in [5.74, 6) is 1.59. The van der Waals surface area contributed by atoms with Crippen LogP contribution in [0.1, 0.15) is 12.7 Å². The lowest BCUT2D eigenvalue weighted by atomic mass is 10.2. The van der Waals surface area contributed by atoms with E-state index < -0.39 is 0 Å². The third-order valence-electron chi connectivity index (χ3n) is 2.15. The van der Waals surface area contributed by atoms with Gasteiger partial charge in [0.15, 0.2) is 0 Å². The number of aromatic nitrogens is 2. The van der Waals surface area contributed by atoms with Crippen molar-refractivity contribution in [2.75, 3.05) is 0 Å². The maximum absolute atomic E-state index is 9.21. The number of aryl methyl sites for hydroxylation is 1. The van der Waals surface area contributed by atoms with Gasteiger partial charge in [0.1, 0.15) is 11.5 Å². The summed E-state index contributed by atoms with van der Waals surface area (Å²) in [5, 5.41) is 13.3. The molecule has 0 amide bonds. The number of hydrogen-bond donors (Lipinski definition) is 1. The molecule has 80 valence electrons. The maximum atomic E-state index is 9.21. The Balaban J connectivity index is 2.20. The Morgan fingerprint density at radius 2 is 2.33 bits per heavy atom. The van der Waals surface area contributed by atoms with Gasteiger partial charge in [-0.25, -0.2) is 0 Å². The van der Waals surface area contributed by atoms with Crippen molar-refractivity contribution in [3.05, 3.63) is 30.3 Å². The van der Waals surface area contributed by atoms with E-state index in [0.29, 0.717) is 6.42 Å². The molecule has 0 spiro atoms. The van der Waals surface area contributed by atoms with Crippen molar-refractivity contribution in [3.8, 4) is 11.3 Å². The smallest absolute Gasteiger partial charge is 0.137 e. The highest BCUT2D eigenvalue weighted by Gasteiger charge is 2.08. The van der Waals surface area contributed by atoms with Gasteiger partial charge in [0, 0.05) is 19.7 Å². The summed E-state index contributed by atoms with van der Waals surface area (Å²) in [6.07, 6.45) is 3.81. The van der Waals surface area contributed by atoms with Gasteiger partial charge in [-0.15, -0.1) is 0 Å². The normalized spacial score (nSPS) is 13.0. The molecule has 0 aliphatic carbocycles. The van der Waals surface area contributed by atoms with Crippen LogP contribution in [0.4, 0.5) is 0 Å². The molecule has 0 bridgehead atoms. The highest BCUT2D eigenvalue weighted by molar-refractivity contribution is 5.55. The van der Waals surface area contributed by atoms with E-state index >= 15 is 0 Å². The Kier molecular flexibility index (Phi) is 2.60. The summed E-state index contributed by atoms with van der Waals surface area (Å²) >= 11 is 0. The predicted octanol–water partition coefficient (Wildman–Crippen LogP) is 1.60. The Labute approximate surface area is 88.1 Å². The molecule has 4 heteroatoms. The van der Waals surface area contributed by atoms with Crippen LogP contribution >= 0.6 is 0 Å². The summed E-state index contributed by atoms with van der Waals surface area (Å²) in [6, 6.07) is 3.78. The first kappa shape index (κ1) is 9.98. The number of hydrogen-bond acceptors (Lipinski definition) is 3. The lowest BCUT2D eigenvalue weighted by Gasteiger charge is -1.98. The van der Waals surface area contributed by atoms with Crippen molar-refractivity contribution in [1.82, 2.24) is 9.78 Å². The van der Waals surface area contributed by atoms with Crippen LogP contribution in [0.3, 0.4) is 0 Å². The van der Waals surface area contributed by atoms with Gasteiger partial charge in [-0.05, 0) is 19.1 Å². The molecule has 2 heterocycles. The molecule has 4 nitrogen and oxygen atoms in total. The second kappa shape index (κ2) is 3.90. The number of aliphatic hydroxyl groups excluding tert-OH is 1. The van der Waals surface area contributed by atoms with Gasteiger partial charge in [0.25, 0.3) is 0 Å². The molecule has 2 rings (SSSR count). The number of nitrogens with zero attached hydrogens (tertiary/aromatic N) is 2. The topological polar surface area (TPSA) is 51.2 Å². The lowest BCUT2D eigenvalue weighted by Crippen LogP contribution is -2.02. The standard InChI is InChI=1S/C11H14N2O2/c1-8(14)5-10-3-4-11(15-10)9-6-12-13(2)7-9/h3-4,6-8,14H,5H2,1-2H3. The Morgan fingerprint density at radius 3 is 2.93 bits per heavy atom. The first-order valence-electron chi connectivity index (χ1n) is 4.91. The van der Waals surface area contributed by atoms with Crippen LogP contribution in [0, 0.1) is 0 Å². The van der Waals surface area contributed by atoms with E-state index in [-0.39, 0.29) is 6.10 Å². The second-order valence-electron chi connectivity index (χ2n) is 3.72. The SMILES string of the molecule is CC(O)Cc1ccc(-c2cnn(C)c2)o1. The molecule has 15 heavy (non-hydrogen) atoms. The van der Waals surface area contributed by atoms with Crippen LogP contribution in [0.25, 0.3) is 11.3 Å². The van der Waals surface area contributed by atoms with Gasteiger partial charge < -0.3 is 9.52 Å². The monoisotopic (exact) mass is 206 g/mol. The molecule has 1 N–H and O–H groups in total. The molecule has 0 saturated carbocycles. The van der Waals surface area contributed by atoms with Gasteiger partial charge in [-0.1, -0.05) is 0 Å². The molecule has 0 saturated heterocycles. The van der Waals surface area contributed by atoms with E-state index in [4.69, 9.17) is 4.42 Å². The highest BCUT2D eigenvalue weighted by Crippen LogP contribution is 2.21. The third kappa shape index (κ3) is 2.27. The summed E-state index contributed by atoms with van der Waals surface area (Å²) < 4.78 is 7.31. The molecular weight excluding hydrogens is 192 g/mol. The van der Waals surface area contributed by atoms with Gasteiger partial charge in [-0.2, -0.15) is 5.10 Å². The largest absolute Gasteiger partial charge is 0.461 e. The molecule has 0 fully saturated rings. The predicted molar refractivity (Wildman–Crippen MR) is 56.3 cm³/mol. The minimum absolute atomic E-state index is 0.377. The fourth-order valence-corrected chi connectivity index (χ4v) is 1.48. The molecule has 2 aromatic rings. The summed E-state index contributed by atoms with van der Waals surface area (Å²) in [6.45, 7) is 1.74. The first-order chi connectivity index (χ1) is 7.15. The number of aliphatic hydroxyl groups is 1. The number of rotatable bonds is 3. The molecule has 2 aromatic heterocycles. The number of furan rings is 1. The zero-order valence-electron chi connectivity index (χ0n) is 8.84. The van der Waals surface area contributed by atoms with E-state index in [0.717, 1.165) is 17.1 Å². The van der Waals surface area contributed by atoms with E-state index in [9.17, 15) is 5.11 Å². The van der Waals surface area contributed by atoms with Crippen LogP contribution in [-0.4, -0.2) is 21.0 Å². The third-order valence-corrected chi connectivity index (χ3v) is 2.15. The minimum Gasteiger partial charge on any atom is -0.461 e. The quantitative estimate of drug-likeness (QED) is 0.829. The summed E-state index contributed by atoms with van der Waals surface area (Å²) in [7, 11) is 1.86. The van der Waals surface area contributed by atoms with Gasteiger partial charge in [0.05, 0.1) is 17.9 Å². The fraction of sp³-hybridized carbons (Fsp3) is 0.364. The Bertz CT molecular complexity index is 443. The summed E-state index contributed by atoms with van der Waals surface area (Å²) in [4.78, 5) is 0. The molecular formula is C11H14N2O2. The van der Waals surface area contributed by atoms with Crippen LogP contribution in [-0.2, 0) is 13.5 Å². The van der Waals surface area contributed by atoms with Crippen LogP contribution in [0.5, 0.6) is 0 Å². The van der Waals surface area contributed by atoms with Crippen molar-refractivity contribution in [2.45, 2.75) is 19.4 Å². The average molecular weight is 206 g/mol. The zero-order chi connectivity index (χ0) is 10.8. The Hall–Kier alpha value is -1.55. The molecule has 0 radical (unpaired) electrons. The first-order valence-corrected chi connectivity index (χ1v) is 4.91. The van der Waals surface area contributed by atoms with Crippen molar-refractivity contribution >= 4 is 0 Å². The van der Waals surface area contributed by atoms with E-state index in [2.05, 4.69) is 5.10 Å². The minimum atomic E-state index is -0.377. The van der Waals surface area contributed by atoms with Crippen molar-refractivity contribution in [1.29, 1.82) is 0 Å². The van der Waals surface area contributed by atoms with Gasteiger partial charge >= 0.3 is 0 Å². The maximum Gasteiger partial charge on any atom is 0.137 e. The van der Waals surface area contributed by atoms with E-state index in [1.807, 2.05) is 25.4 Å². The second-order valence-corrected chi connectivity index (χ2v) is 3.72. The molecule has 0 aromatic carbocycles. The average Bonchev–Trinajstić information content (AvgIpc) is 2.72. The van der Waals surface area contributed by atoms with Crippen LogP contribution < -0.4 is 0 Å². The molecule has 0 aliphatic rings. The zero-order valence-corrected chi connectivity index (χ0v) is 8.84. The van der Waals surface area contributed by atoms with Gasteiger partial charge in [0.2, 0.25) is 0 Å². The van der Waals surface area contributed by atoms with Crippen molar-refractivity contribution in [3.63, 3.8) is 0 Å². The Morgan fingerprint density at radius 1 is 1.53 bits per heavy atom. The fourth-order valence-electron chi connectivity index (χ4n) is 1.48. The van der Waals surface area contributed by atoms with E-state index in [1.54, 1.807) is 17.8 Å². The molecule has 0 aliphatic heterocycles. The van der Waals surface area contributed by atoms with Crippen molar-refractivity contribution in [2.24, 2.45) is 7.05 Å². The molecule has 1 atom stereocenters. The summed E-state index contributed by atoms with van der Waals surface area (Å²) in [5.41, 5.74) is 0.953. The lowest BCUT2D eigenvalue weighted by molar-refractivity contribution is 0.187. The van der Waals surface area contributed by atoms with E-state index in [1.165, 1.54) is 0 Å². The van der Waals surface area contributed by atoms with Crippen LogP contribution in [0.15, 0.2) is 28.9 Å². The van der Waals surface area contributed by atoms with Gasteiger partial charge in [-0.3, -0.25) is 4.68 Å². The highest BCUT2D eigenvalue weighted by atomic mass is 16.3. The molecule has 1 unspecified atom stereocenters.